The van der Waals surface area contributed by atoms with Crippen LogP contribution in [0.15, 0.2) is 66.7 Å². The van der Waals surface area contributed by atoms with Gasteiger partial charge in [0.2, 0.25) is 18.2 Å². The van der Waals surface area contributed by atoms with E-state index in [0.717, 1.165) is 25.6 Å². The van der Waals surface area contributed by atoms with Crippen LogP contribution in [0.1, 0.15) is 46.8 Å². The van der Waals surface area contributed by atoms with Crippen LogP contribution >= 0.6 is 11.6 Å². The Hall–Kier alpha value is -4.08. The quantitative estimate of drug-likeness (QED) is 0.263. The summed E-state index contributed by atoms with van der Waals surface area (Å²) in [6.07, 6.45) is 1.86. The molecule has 1 aliphatic heterocycles. The average Bonchev–Trinajstić information content (AvgIpc) is 2.98. The Kier molecular flexibility index (Phi) is 14.2. The van der Waals surface area contributed by atoms with Gasteiger partial charge in [-0.1, -0.05) is 73.1 Å². The number of hydrogen-bond acceptors (Lipinski definition) is 5. The molecular formula is C31H36ClFN4O4. The lowest BCUT2D eigenvalue weighted by atomic mass is 9.99. The van der Waals surface area contributed by atoms with Gasteiger partial charge in [0.05, 0.1) is 12.2 Å². The minimum atomic E-state index is -0.616. The molecule has 0 atom stereocenters. The van der Waals surface area contributed by atoms with E-state index in [-0.39, 0.29) is 36.8 Å². The number of carbonyl (C=O) groups excluding carboxylic acids is 4. The van der Waals surface area contributed by atoms with Crippen molar-refractivity contribution in [2.75, 3.05) is 25.0 Å². The summed E-state index contributed by atoms with van der Waals surface area (Å²) in [7, 11) is 0. The van der Waals surface area contributed by atoms with Gasteiger partial charge >= 0.3 is 0 Å². The number of nitrogens with zero attached hydrogens (tertiary/aromatic N) is 1. The van der Waals surface area contributed by atoms with Gasteiger partial charge in [0.15, 0.2) is 5.78 Å². The van der Waals surface area contributed by atoms with Crippen LogP contribution in [0, 0.1) is 12.7 Å². The van der Waals surface area contributed by atoms with E-state index in [1.54, 1.807) is 19.1 Å². The van der Waals surface area contributed by atoms with Crippen molar-refractivity contribution in [2.45, 2.75) is 39.7 Å². The van der Waals surface area contributed by atoms with Gasteiger partial charge < -0.3 is 21.3 Å². The first-order valence-corrected chi connectivity index (χ1v) is 13.6. The first kappa shape index (κ1) is 33.1. The fourth-order valence-electron chi connectivity index (χ4n) is 3.94. The second-order valence-electron chi connectivity index (χ2n) is 9.16. The number of nitrogens with one attached hydrogen (secondary N) is 2. The van der Waals surface area contributed by atoms with Crippen LogP contribution < -0.4 is 16.4 Å². The van der Waals surface area contributed by atoms with Crippen molar-refractivity contribution < 1.29 is 23.6 Å². The van der Waals surface area contributed by atoms with Crippen molar-refractivity contribution >= 4 is 41.3 Å². The van der Waals surface area contributed by atoms with Crippen LogP contribution in [0.2, 0.25) is 5.02 Å². The lowest BCUT2D eigenvalue weighted by Crippen LogP contribution is -2.36. The number of aryl methyl sites for hydroxylation is 1. The Morgan fingerprint density at radius 1 is 1.02 bits per heavy atom. The summed E-state index contributed by atoms with van der Waals surface area (Å²) in [5, 5.41) is 4.78. The molecule has 0 saturated heterocycles. The Labute approximate surface area is 245 Å². The van der Waals surface area contributed by atoms with E-state index in [4.69, 9.17) is 17.3 Å². The van der Waals surface area contributed by atoms with Crippen LogP contribution in [0.5, 0.6) is 0 Å². The largest absolute Gasteiger partial charge is 0.350 e. The number of benzene rings is 3. The maximum absolute atomic E-state index is 13.3. The Balaban J connectivity index is 0.000000274. The molecule has 0 aliphatic carbocycles. The van der Waals surface area contributed by atoms with Gasteiger partial charge in [-0.2, -0.15) is 0 Å². The molecule has 1 aliphatic rings. The van der Waals surface area contributed by atoms with E-state index in [9.17, 15) is 23.6 Å². The third-order valence-electron chi connectivity index (χ3n) is 6.01. The molecule has 0 fully saturated rings. The zero-order valence-electron chi connectivity index (χ0n) is 23.3. The fourth-order valence-corrected chi connectivity index (χ4v) is 4.09. The van der Waals surface area contributed by atoms with Crippen LogP contribution in [-0.2, 0) is 27.3 Å². The number of carbonyl (C=O) groups is 4. The fraction of sp³-hybridized carbons (Fsp3) is 0.290. The van der Waals surface area contributed by atoms with Gasteiger partial charge in [-0.3, -0.25) is 19.2 Å². The summed E-state index contributed by atoms with van der Waals surface area (Å²) in [5.74, 6) is -1.02. The minimum Gasteiger partial charge on any atom is -0.350 e. The van der Waals surface area contributed by atoms with Crippen molar-refractivity contribution in [3.05, 3.63) is 99.8 Å². The molecule has 8 nitrogen and oxygen atoms in total. The minimum absolute atomic E-state index is 0.0337. The first-order chi connectivity index (χ1) is 19.7. The normalized spacial score (nSPS) is 11.5. The molecule has 3 amide bonds. The van der Waals surface area contributed by atoms with Gasteiger partial charge in [0.1, 0.15) is 5.82 Å². The van der Waals surface area contributed by atoms with Crippen LogP contribution in [-0.4, -0.2) is 48.5 Å². The summed E-state index contributed by atoms with van der Waals surface area (Å²) in [6, 6.07) is 19.9. The second-order valence-corrected chi connectivity index (χ2v) is 9.57. The monoisotopic (exact) mass is 582 g/mol. The lowest BCUT2D eigenvalue weighted by Gasteiger charge is -2.28. The number of rotatable bonds is 8. The Morgan fingerprint density at radius 2 is 1.66 bits per heavy atom. The Morgan fingerprint density at radius 3 is 2.32 bits per heavy atom. The van der Waals surface area contributed by atoms with E-state index in [1.807, 2.05) is 42.2 Å². The highest BCUT2D eigenvalue weighted by atomic mass is 35.5. The summed E-state index contributed by atoms with van der Waals surface area (Å²) in [4.78, 5) is 47.4. The molecule has 3 aromatic rings. The van der Waals surface area contributed by atoms with E-state index in [0.29, 0.717) is 29.1 Å². The number of fused-ring (bicyclic) bond motifs is 1. The van der Waals surface area contributed by atoms with Crippen LogP contribution in [0.4, 0.5) is 10.1 Å². The van der Waals surface area contributed by atoms with Crippen molar-refractivity contribution in [1.29, 1.82) is 0 Å². The number of Topliss-reactive ketones (excluding diaryl/α,β-unsaturated/α-hetero) is 1. The topological polar surface area (TPSA) is 122 Å². The molecular weight excluding hydrogens is 547 g/mol. The summed E-state index contributed by atoms with van der Waals surface area (Å²) < 4.78 is 13.3. The Bertz CT molecular complexity index is 1320. The van der Waals surface area contributed by atoms with Crippen LogP contribution in [0.25, 0.3) is 0 Å². The van der Waals surface area contributed by atoms with Gasteiger partial charge in [-0.25, -0.2) is 4.39 Å². The molecule has 218 valence electrons. The molecule has 0 aromatic heterocycles. The molecule has 4 rings (SSSR count). The molecule has 3 aromatic carbocycles. The predicted octanol–water partition coefficient (Wildman–Crippen LogP) is 4.67. The van der Waals surface area contributed by atoms with Crippen molar-refractivity contribution in [2.24, 2.45) is 5.73 Å². The van der Waals surface area contributed by atoms with Crippen molar-refractivity contribution in [3.8, 4) is 0 Å². The van der Waals surface area contributed by atoms with Crippen molar-refractivity contribution in [1.82, 2.24) is 10.2 Å². The molecule has 0 bridgehead atoms. The molecule has 0 unspecified atom stereocenters. The standard InChI is InChI=1S/C19H19NO2.C10H10ClFN2O2.C2H7N/c21-18(16-7-2-1-3-8-16)10-11-19(22)20-13-12-15-6-4-5-9-17(15)14-20;1-6-2-9(8(12)3-7(6)11)14-10(16)4-13-5-15;1-2-3/h1-9H,10-14H2;2-3,5H,4H2,1H3,(H,13,15)(H,14,16);2-3H2,1H3. The maximum Gasteiger partial charge on any atom is 0.243 e. The van der Waals surface area contributed by atoms with E-state index in [1.165, 1.54) is 17.2 Å². The average molecular weight is 583 g/mol. The molecule has 41 heavy (non-hydrogen) atoms. The summed E-state index contributed by atoms with van der Waals surface area (Å²) >= 11 is 5.69. The van der Waals surface area contributed by atoms with Crippen LogP contribution in [0.3, 0.4) is 0 Å². The molecule has 1 heterocycles. The number of nitrogens with two attached hydrogens (primary N) is 1. The second kappa shape index (κ2) is 17.6. The lowest BCUT2D eigenvalue weighted by molar-refractivity contribution is -0.132. The summed E-state index contributed by atoms with van der Waals surface area (Å²) in [6.45, 7) is 5.55. The molecule has 0 saturated carbocycles. The zero-order valence-corrected chi connectivity index (χ0v) is 24.0. The zero-order chi connectivity index (χ0) is 30.2. The molecule has 0 spiro atoms. The third-order valence-corrected chi connectivity index (χ3v) is 6.42. The van der Waals surface area contributed by atoms with Gasteiger partial charge in [0, 0.05) is 36.5 Å². The van der Waals surface area contributed by atoms with Gasteiger partial charge in [-0.15, -0.1) is 0 Å². The van der Waals surface area contributed by atoms with Gasteiger partial charge in [0.25, 0.3) is 0 Å². The molecule has 4 N–H and O–H groups in total. The third kappa shape index (κ3) is 11.1. The van der Waals surface area contributed by atoms with Crippen molar-refractivity contribution in [3.63, 3.8) is 0 Å². The highest BCUT2D eigenvalue weighted by Crippen LogP contribution is 2.23. The first-order valence-electron chi connectivity index (χ1n) is 13.3. The molecule has 0 radical (unpaired) electrons. The number of halogens is 2. The smallest absolute Gasteiger partial charge is 0.243 e. The summed E-state index contributed by atoms with van der Waals surface area (Å²) in [5.41, 5.74) is 8.77. The van der Waals surface area contributed by atoms with Gasteiger partial charge in [-0.05, 0) is 48.7 Å². The maximum atomic E-state index is 13.3. The molecule has 10 heteroatoms. The number of anilines is 1. The highest BCUT2D eigenvalue weighted by molar-refractivity contribution is 6.31. The SMILES string of the molecule is CCN.Cc1cc(NC(=O)CNC=O)c(F)cc1Cl.O=C(CCC(=O)N1CCc2ccccc2C1)c1ccccc1. The van der Waals surface area contributed by atoms with E-state index in [2.05, 4.69) is 22.8 Å². The number of amides is 3. The number of ketones is 1. The number of hydrogen-bond donors (Lipinski definition) is 3. The van der Waals surface area contributed by atoms with E-state index >= 15 is 0 Å². The predicted molar refractivity (Wildman–Crippen MR) is 159 cm³/mol. The van der Waals surface area contributed by atoms with E-state index < -0.39 is 11.7 Å². The highest BCUT2D eigenvalue weighted by Gasteiger charge is 2.21.